The summed E-state index contributed by atoms with van der Waals surface area (Å²) in [6.07, 6.45) is 1.00. The van der Waals surface area contributed by atoms with Gasteiger partial charge in [-0.2, -0.15) is 4.31 Å². The molecule has 122 valence electrons. The molecule has 2 N–H and O–H groups in total. The van der Waals surface area contributed by atoms with Crippen LogP contribution < -0.4 is 10.6 Å². The molecule has 1 aromatic rings. The lowest BCUT2D eigenvalue weighted by Gasteiger charge is -2.30. The van der Waals surface area contributed by atoms with Gasteiger partial charge >= 0.3 is 0 Å². The molecule has 2 unspecified atom stereocenters. The third kappa shape index (κ3) is 4.06. The molecule has 0 saturated carbocycles. The van der Waals surface area contributed by atoms with E-state index in [9.17, 15) is 13.2 Å². The summed E-state index contributed by atoms with van der Waals surface area (Å²) in [6, 6.07) is 8.18. The van der Waals surface area contributed by atoms with E-state index in [-0.39, 0.29) is 23.4 Å². The van der Waals surface area contributed by atoms with Crippen LogP contribution in [0, 0.1) is 5.92 Å². The number of rotatable bonds is 5. The van der Waals surface area contributed by atoms with Gasteiger partial charge in [0.2, 0.25) is 15.9 Å². The Morgan fingerprint density at radius 2 is 2.05 bits per heavy atom. The standard InChI is InChI=1S/C15H23N3O3S/c1-12-8-9-16-10-14(12)17-15(19)11-18(2)22(20,21)13-6-4-3-5-7-13/h3-7,12,14,16H,8-11H2,1-2H3,(H,17,19). The summed E-state index contributed by atoms with van der Waals surface area (Å²) in [5.41, 5.74) is 0. The summed E-state index contributed by atoms with van der Waals surface area (Å²) >= 11 is 0. The van der Waals surface area contributed by atoms with Crippen molar-refractivity contribution in [2.45, 2.75) is 24.3 Å². The highest BCUT2D eigenvalue weighted by Gasteiger charge is 2.26. The number of hydrogen-bond acceptors (Lipinski definition) is 4. The van der Waals surface area contributed by atoms with Crippen LogP contribution in [0.2, 0.25) is 0 Å². The lowest BCUT2D eigenvalue weighted by atomic mass is 9.95. The minimum Gasteiger partial charge on any atom is -0.351 e. The molecule has 2 atom stereocenters. The van der Waals surface area contributed by atoms with Crippen LogP contribution in [-0.4, -0.2) is 51.4 Å². The van der Waals surface area contributed by atoms with Gasteiger partial charge in [0.05, 0.1) is 11.4 Å². The molecule has 0 aromatic heterocycles. The summed E-state index contributed by atoms with van der Waals surface area (Å²) in [5, 5.41) is 6.15. The maximum absolute atomic E-state index is 12.4. The topological polar surface area (TPSA) is 78.5 Å². The number of nitrogens with one attached hydrogen (secondary N) is 2. The van der Waals surface area contributed by atoms with Crippen molar-refractivity contribution in [3.63, 3.8) is 0 Å². The Morgan fingerprint density at radius 1 is 1.36 bits per heavy atom. The Bertz CT molecular complexity index is 604. The molecule has 0 spiro atoms. The number of benzene rings is 1. The Kier molecular flexibility index (Phi) is 5.55. The van der Waals surface area contributed by atoms with Gasteiger partial charge in [0.25, 0.3) is 0 Å². The number of nitrogens with zero attached hydrogens (tertiary/aromatic N) is 1. The van der Waals surface area contributed by atoms with E-state index in [2.05, 4.69) is 17.6 Å². The van der Waals surface area contributed by atoms with Crippen LogP contribution >= 0.6 is 0 Å². The van der Waals surface area contributed by atoms with Crippen LogP contribution in [0.15, 0.2) is 35.2 Å². The largest absolute Gasteiger partial charge is 0.351 e. The number of piperidine rings is 1. The second-order valence-electron chi connectivity index (χ2n) is 5.72. The van der Waals surface area contributed by atoms with Gasteiger partial charge in [-0.25, -0.2) is 8.42 Å². The zero-order valence-electron chi connectivity index (χ0n) is 13.0. The maximum Gasteiger partial charge on any atom is 0.243 e. The summed E-state index contributed by atoms with van der Waals surface area (Å²) < 4.78 is 25.8. The zero-order chi connectivity index (χ0) is 16.2. The minimum absolute atomic E-state index is 0.0501. The predicted octanol–water partition coefficient (Wildman–Crippen LogP) is 0.421. The van der Waals surface area contributed by atoms with Crippen molar-refractivity contribution in [3.8, 4) is 0 Å². The molecule has 0 radical (unpaired) electrons. The van der Waals surface area contributed by atoms with Gasteiger partial charge in [-0.1, -0.05) is 25.1 Å². The second kappa shape index (κ2) is 7.21. The van der Waals surface area contributed by atoms with E-state index in [1.807, 2.05) is 0 Å². The molecule has 1 aliphatic heterocycles. The quantitative estimate of drug-likeness (QED) is 0.822. The van der Waals surface area contributed by atoms with Crippen molar-refractivity contribution in [2.75, 3.05) is 26.7 Å². The normalized spacial score (nSPS) is 22.5. The van der Waals surface area contributed by atoms with Gasteiger partial charge in [-0.3, -0.25) is 4.79 Å². The molecule has 7 heteroatoms. The van der Waals surface area contributed by atoms with E-state index in [4.69, 9.17) is 0 Å². The monoisotopic (exact) mass is 325 g/mol. The third-order valence-electron chi connectivity index (χ3n) is 3.99. The average Bonchev–Trinajstić information content (AvgIpc) is 2.50. The Morgan fingerprint density at radius 3 is 2.68 bits per heavy atom. The van der Waals surface area contributed by atoms with Gasteiger partial charge in [0.1, 0.15) is 0 Å². The molecule has 0 aliphatic carbocycles. The molecule has 1 aromatic carbocycles. The summed E-state index contributed by atoms with van der Waals surface area (Å²) in [6.45, 7) is 3.59. The molecule has 22 heavy (non-hydrogen) atoms. The average molecular weight is 325 g/mol. The lowest BCUT2D eigenvalue weighted by molar-refractivity contribution is -0.122. The van der Waals surface area contributed by atoms with Crippen molar-refractivity contribution in [3.05, 3.63) is 30.3 Å². The fourth-order valence-electron chi connectivity index (χ4n) is 2.50. The van der Waals surface area contributed by atoms with E-state index in [0.717, 1.165) is 23.8 Å². The van der Waals surface area contributed by atoms with Gasteiger partial charge < -0.3 is 10.6 Å². The van der Waals surface area contributed by atoms with Crippen LogP contribution in [0.4, 0.5) is 0 Å². The molecular weight excluding hydrogens is 302 g/mol. The molecule has 1 aliphatic rings. The number of amides is 1. The van der Waals surface area contributed by atoms with E-state index < -0.39 is 10.0 Å². The molecule has 1 fully saturated rings. The number of sulfonamides is 1. The highest BCUT2D eigenvalue weighted by atomic mass is 32.2. The molecule has 1 heterocycles. The Balaban J connectivity index is 1.96. The van der Waals surface area contributed by atoms with E-state index >= 15 is 0 Å². The highest BCUT2D eigenvalue weighted by Crippen LogP contribution is 2.14. The fraction of sp³-hybridized carbons (Fsp3) is 0.533. The van der Waals surface area contributed by atoms with Crippen molar-refractivity contribution < 1.29 is 13.2 Å². The first-order valence-electron chi connectivity index (χ1n) is 7.42. The number of carbonyl (C=O) groups excluding carboxylic acids is 1. The molecule has 1 amide bonds. The number of hydrogen-bond donors (Lipinski definition) is 2. The SMILES string of the molecule is CC1CCNCC1NC(=O)CN(C)S(=O)(=O)c1ccccc1. The van der Waals surface area contributed by atoms with Crippen molar-refractivity contribution in [1.29, 1.82) is 0 Å². The first-order valence-corrected chi connectivity index (χ1v) is 8.86. The van der Waals surface area contributed by atoms with Gasteiger partial charge in [0, 0.05) is 19.6 Å². The van der Waals surface area contributed by atoms with Gasteiger partial charge in [-0.05, 0) is 31.0 Å². The van der Waals surface area contributed by atoms with E-state index in [0.29, 0.717) is 5.92 Å². The Hall–Kier alpha value is -1.44. The van der Waals surface area contributed by atoms with Crippen LogP contribution in [0.25, 0.3) is 0 Å². The molecule has 6 nitrogen and oxygen atoms in total. The van der Waals surface area contributed by atoms with Crippen LogP contribution in [-0.2, 0) is 14.8 Å². The first-order chi connectivity index (χ1) is 10.4. The molecule has 1 saturated heterocycles. The van der Waals surface area contributed by atoms with Crippen molar-refractivity contribution in [1.82, 2.24) is 14.9 Å². The highest BCUT2D eigenvalue weighted by molar-refractivity contribution is 7.89. The molecule has 2 rings (SSSR count). The number of likely N-dealkylation sites (N-methyl/N-ethyl adjacent to an activating group) is 1. The van der Waals surface area contributed by atoms with Crippen molar-refractivity contribution >= 4 is 15.9 Å². The Labute approximate surface area is 131 Å². The molecule has 0 bridgehead atoms. The van der Waals surface area contributed by atoms with Gasteiger partial charge in [0.15, 0.2) is 0 Å². The third-order valence-corrected chi connectivity index (χ3v) is 5.81. The number of carbonyl (C=O) groups is 1. The minimum atomic E-state index is -3.63. The first kappa shape index (κ1) is 16.9. The maximum atomic E-state index is 12.4. The smallest absolute Gasteiger partial charge is 0.243 e. The second-order valence-corrected chi connectivity index (χ2v) is 7.76. The van der Waals surface area contributed by atoms with E-state index in [1.165, 1.54) is 19.2 Å². The van der Waals surface area contributed by atoms with Crippen molar-refractivity contribution in [2.24, 2.45) is 5.92 Å². The van der Waals surface area contributed by atoms with Crippen LogP contribution in [0.3, 0.4) is 0 Å². The lowest BCUT2D eigenvalue weighted by Crippen LogP contribution is -2.52. The predicted molar refractivity (Wildman–Crippen MR) is 84.8 cm³/mol. The van der Waals surface area contributed by atoms with Crippen LogP contribution in [0.5, 0.6) is 0 Å². The summed E-state index contributed by atoms with van der Waals surface area (Å²) in [5.74, 6) is 0.115. The van der Waals surface area contributed by atoms with Crippen LogP contribution in [0.1, 0.15) is 13.3 Å². The summed E-state index contributed by atoms with van der Waals surface area (Å²) in [7, 11) is -2.21. The fourth-order valence-corrected chi connectivity index (χ4v) is 3.64. The van der Waals surface area contributed by atoms with E-state index in [1.54, 1.807) is 18.2 Å². The summed E-state index contributed by atoms with van der Waals surface area (Å²) in [4.78, 5) is 12.3. The zero-order valence-corrected chi connectivity index (χ0v) is 13.8. The molecular formula is C15H23N3O3S. The van der Waals surface area contributed by atoms with Gasteiger partial charge in [-0.15, -0.1) is 0 Å².